The van der Waals surface area contributed by atoms with Gasteiger partial charge >= 0.3 is 0 Å². The lowest BCUT2D eigenvalue weighted by molar-refractivity contribution is -0.136. The average molecular weight is 467 g/mol. The van der Waals surface area contributed by atoms with Crippen molar-refractivity contribution in [3.8, 4) is 11.9 Å². The first kappa shape index (κ1) is 21.7. The van der Waals surface area contributed by atoms with E-state index in [1.807, 2.05) is 18.7 Å². The molecule has 3 fully saturated rings. The molecule has 3 aliphatic heterocycles. The van der Waals surface area contributed by atoms with Crippen molar-refractivity contribution in [3.63, 3.8) is 0 Å². The summed E-state index contributed by atoms with van der Waals surface area (Å²) >= 11 is 6.40. The van der Waals surface area contributed by atoms with Gasteiger partial charge in [-0.05, 0) is 6.07 Å². The molecule has 5 heterocycles. The van der Waals surface area contributed by atoms with Crippen LogP contribution in [0.4, 0.5) is 0 Å². The largest absolute Gasteiger partial charge is 0.473 e. The van der Waals surface area contributed by atoms with Crippen molar-refractivity contribution in [1.82, 2.24) is 19.9 Å². The Bertz CT molecular complexity index is 992. The molecule has 174 valence electrons. The number of hydrogen-bond acceptors (Lipinski definition) is 8. The van der Waals surface area contributed by atoms with Gasteiger partial charge in [0.15, 0.2) is 11.8 Å². The zero-order valence-electron chi connectivity index (χ0n) is 18.0. The fourth-order valence-electron chi connectivity index (χ4n) is 4.42. The van der Waals surface area contributed by atoms with E-state index in [-0.39, 0.29) is 48.9 Å². The average Bonchev–Trinajstić information content (AvgIpc) is 3.45. The number of pyridine rings is 1. The Morgan fingerprint density at radius 2 is 1.97 bits per heavy atom. The van der Waals surface area contributed by atoms with E-state index in [1.54, 1.807) is 6.07 Å². The number of imidazole rings is 1. The summed E-state index contributed by atoms with van der Waals surface area (Å²) in [4.78, 5) is 26.0. The summed E-state index contributed by atoms with van der Waals surface area (Å²) < 4.78 is 23.1. The molecule has 4 atom stereocenters. The second-order valence-corrected chi connectivity index (χ2v) is 9.21. The Labute approximate surface area is 190 Å². The maximum absolute atomic E-state index is 12.2. The topological polar surface area (TPSA) is 119 Å². The molecular weight excluding hydrogens is 440 g/mol. The predicted molar refractivity (Wildman–Crippen MR) is 114 cm³/mol. The molecule has 5 rings (SSSR count). The van der Waals surface area contributed by atoms with Crippen LogP contribution in [-0.4, -0.2) is 87.7 Å². The number of aromatic nitrogens is 3. The number of H-pyrrole nitrogens is 1. The normalized spacial score (nSPS) is 28.5. The van der Waals surface area contributed by atoms with E-state index >= 15 is 0 Å². The van der Waals surface area contributed by atoms with Crippen LogP contribution in [0, 0.1) is 5.92 Å². The van der Waals surface area contributed by atoms with E-state index in [1.165, 1.54) is 0 Å². The van der Waals surface area contributed by atoms with Gasteiger partial charge in [0.2, 0.25) is 11.8 Å². The highest BCUT2D eigenvalue weighted by Crippen LogP contribution is 2.32. The highest BCUT2D eigenvalue weighted by atomic mass is 35.5. The molecule has 2 aromatic heterocycles. The summed E-state index contributed by atoms with van der Waals surface area (Å²) in [6.45, 7) is 5.68. The summed E-state index contributed by atoms with van der Waals surface area (Å²) in [6.07, 6.45) is -0.343. The molecule has 0 aliphatic carbocycles. The molecule has 0 aromatic carbocycles. The van der Waals surface area contributed by atoms with E-state index in [9.17, 15) is 9.90 Å². The van der Waals surface area contributed by atoms with Crippen LogP contribution in [0.2, 0.25) is 5.02 Å². The minimum Gasteiger partial charge on any atom is -0.473 e. The fourth-order valence-corrected chi connectivity index (χ4v) is 4.62. The summed E-state index contributed by atoms with van der Waals surface area (Å²) in [6, 6.07) is 1.99. The SMILES string of the molecule is CC(C)C(=O)N1CCC(Oc2nc3nc(O[C@@H]4CO[C@H]5[C@@H]4OC[C@H]5O)[nH]c3cc2Cl)CC1. The number of fused-ring (bicyclic) bond motifs is 2. The van der Waals surface area contributed by atoms with E-state index in [0.717, 1.165) is 12.8 Å². The number of aliphatic hydroxyl groups is 1. The number of piperidine rings is 1. The number of ether oxygens (including phenoxy) is 4. The van der Waals surface area contributed by atoms with Gasteiger partial charge in [0.1, 0.15) is 29.4 Å². The molecule has 0 bridgehead atoms. The molecule has 3 saturated heterocycles. The number of carbonyl (C=O) groups is 1. The first-order valence-corrected chi connectivity index (χ1v) is 11.4. The molecule has 2 aromatic rings. The van der Waals surface area contributed by atoms with Gasteiger partial charge in [-0.2, -0.15) is 9.97 Å². The Morgan fingerprint density at radius 3 is 2.72 bits per heavy atom. The summed E-state index contributed by atoms with van der Waals surface area (Å²) in [5, 5.41) is 10.2. The predicted octanol–water partition coefficient (Wildman–Crippen LogP) is 1.54. The third kappa shape index (κ3) is 4.12. The highest BCUT2D eigenvalue weighted by molar-refractivity contribution is 6.32. The van der Waals surface area contributed by atoms with Gasteiger partial charge in [0.05, 0.1) is 18.7 Å². The minimum absolute atomic E-state index is 0.00551. The second kappa shape index (κ2) is 8.66. The molecule has 10 nitrogen and oxygen atoms in total. The van der Waals surface area contributed by atoms with E-state index in [0.29, 0.717) is 41.8 Å². The number of nitrogens with one attached hydrogen (secondary N) is 1. The third-order valence-electron chi connectivity index (χ3n) is 6.14. The number of carbonyl (C=O) groups excluding carboxylic acids is 1. The number of amides is 1. The number of halogens is 1. The maximum atomic E-state index is 12.2. The van der Waals surface area contributed by atoms with Gasteiger partial charge in [-0.15, -0.1) is 0 Å². The van der Waals surface area contributed by atoms with Crippen LogP contribution in [0.1, 0.15) is 26.7 Å². The van der Waals surface area contributed by atoms with Gasteiger partial charge in [-0.1, -0.05) is 25.4 Å². The molecule has 0 unspecified atom stereocenters. The summed E-state index contributed by atoms with van der Waals surface area (Å²) in [5.74, 6) is 0.480. The minimum atomic E-state index is -0.639. The fraction of sp³-hybridized carbons (Fsp3) is 0.667. The zero-order valence-corrected chi connectivity index (χ0v) is 18.7. The van der Waals surface area contributed by atoms with E-state index in [4.69, 9.17) is 30.5 Å². The molecule has 0 saturated carbocycles. The highest BCUT2D eigenvalue weighted by Gasteiger charge is 2.48. The van der Waals surface area contributed by atoms with Crippen molar-refractivity contribution in [2.24, 2.45) is 5.92 Å². The molecule has 0 spiro atoms. The van der Waals surface area contributed by atoms with E-state index < -0.39 is 6.10 Å². The molecule has 3 aliphatic rings. The molecule has 11 heteroatoms. The monoisotopic (exact) mass is 466 g/mol. The zero-order chi connectivity index (χ0) is 22.4. The standard InChI is InChI=1S/C21H27ClN4O6/c1-10(2)20(28)26-5-3-11(4-6-26)31-19-12(22)7-13-18(24-19)25-21(23-13)32-15-9-30-16-14(27)8-29-17(15)16/h7,10-11,14-17,27H,3-6,8-9H2,1-2H3,(H,23,24,25)/t14-,15-,16-,17-/m1/s1. The quantitative estimate of drug-likeness (QED) is 0.681. The molecule has 1 amide bonds. The third-order valence-corrected chi connectivity index (χ3v) is 6.41. The van der Waals surface area contributed by atoms with Crippen molar-refractivity contribution in [3.05, 3.63) is 11.1 Å². The Hall–Kier alpha value is -2.14. The van der Waals surface area contributed by atoms with Crippen molar-refractivity contribution < 1.29 is 28.8 Å². The first-order valence-electron chi connectivity index (χ1n) is 11.0. The van der Waals surface area contributed by atoms with Crippen molar-refractivity contribution in [2.45, 2.75) is 57.2 Å². The van der Waals surface area contributed by atoms with Crippen LogP contribution < -0.4 is 9.47 Å². The number of likely N-dealkylation sites (tertiary alicyclic amines) is 1. The van der Waals surface area contributed by atoms with Crippen LogP contribution in [0.15, 0.2) is 6.07 Å². The number of hydrogen-bond donors (Lipinski definition) is 2. The van der Waals surface area contributed by atoms with Crippen molar-refractivity contribution in [1.29, 1.82) is 0 Å². The number of aliphatic hydroxyl groups excluding tert-OH is 1. The number of aromatic amines is 1. The second-order valence-electron chi connectivity index (χ2n) is 8.81. The van der Waals surface area contributed by atoms with Gasteiger partial charge in [0.25, 0.3) is 6.01 Å². The Kier molecular flexibility index (Phi) is 5.87. The first-order chi connectivity index (χ1) is 15.4. The lowest BCUT2D eigenvalue weighted by Gasteiger charge is -2.33. The lowest BCUT2D eigenvalue weighted by Crippen LogP contribution is -2.43. The molecule has 0 radical (unpaired) electrons. The van der Waals surface area contributed by atoms with Crippen LogP contribution >= 0.6 is 11.6 Å². The van der Waals surface area contributed by atoms with Crippen molar-refractivity contribution >= 4 is 28.7 Å². The summed E-state index contributed by atoms with van der Waals surface area (Å²) in [7, 11) is 0. The Balaban J connectivity index is 1.24. The van der Waals surface area contributed by atoms with Gasteiger partial charge in [-0.25, -0.2) is 0 Å². The van der Waals surface area contributed by atoms with Crippen LogP contribution in [-0.2, 0) is 14.3 Å². The Morgan fingerprint density at radius 1 is 1.22 bits per heavy atom. The summed E-state index contributed by atoms with van der Waals surface area (Å²) in [5.41, 5.74) is 1.05. The number of nitrogens with zero attached hydrogens (tertiary/aromatic N) is 3. The molecule has 2 N–H and O–H groups in total. The maximum Gasteiger partial charge on any atom is 0.296 e. The van der Waals surface area contributed by atoms with E-state index in [2.05, 4.69) is 15.0 Å². The molecular formula is C21H27ClN4O6. The van der Waals surface area contributed by atoms with Crippen LogP contribution in [0.5, 0.6) is 11.9 Å². The lowest BCUT2D eigenvalue weighted by atomic mass is 10.1. The number of rotatable bonds is 5. The molecule has 32 heavy (non-hydrogen) atoms. The van der Waals surface area contributed by atoms with Gasteiger partial charge in [0, 0.05) is 31.8 Å². The van der Waals surface area contributed by atoms with Gasteiger partial charge < -0.3 is 33.9 Å². The smallest absolute Gasteiger partial charge is 0.296 e. The van der Waals surface area contributed by atoms with Crippen LogP contribution in [0.25, 0.3) is 11.2 Å². The van der Waals surface area contributed by atoms with Crippen LogP contribution in [0.3, 0.4) is 0 Å². The van der Waals surface area contributed by atoms with Gasteiger partial charge in [-0.3, -0.25) is 4.79 Å². The van der Waals surface area contributed by atoms with Crippen molar-refractivity contribution in [2.75, 3.05) is 26.3 Å².